The Kier molecular flexibility index (Phi) is 5.68. The number of imidazole rings is 1. The Morgan fingerprint density at radius 2 is 1.96 bits per heavy atom. The maximum absolute atomic E-state index is 13.0. The number of rotatable bonds is 4. The molecule has 2 aromatic rings. The molecule has 7 nitrogen and oxygen atoms in total. The first-order chi connectivity index (χ1) is 12.3. The fraction of sp³-hybridized carbons (Fsp3) is 0.412. The lowest BCUT2D eigenvalue weighted by atomic mass is 10.0. The standard InChI is InChI=1S/C17H21IN4O3S/c1-20(2)26(24,25)14-3-4-16(18)15(11-14)17(23)21-8-5-13(6-9-21)22-10-7-19-12-22/h3-4,7,10-13H,5-6,8-9H2,1-2H3. The third-order valence-corrected chi connectivity index (χ3v) is 7.40. The molecule has 9 heteroatoms. The average Bonchev–Trinajstić information content (AvgIpc) is 3.16. The van der Waals surface area contributed by atoms with Gasteiger partial charge in [-0.1, -0.05) is 0 Å². The number of likely N-dealkylation sites (tertiary alicyclic amines) is 1. The predicted molar refractivity (Wildman–Crippen MR) is 106 cm³/mol. The SMILES string of the molecule is CN(C)S(=O)(=O)c1ccc(I)c(C(=O)N2CCC(n3ccnc3)CC2)c1. The van der Waals surface area contributed by atoms with Crippen molar-refractivity contribution >= 4 is 38.5 Å². The summed E-state index contributed by atoms with van der Waals surface area (Å²) in [7, 11) is -0.606. The Morgan fingerprint density at radius 3 is 2.54 bits per heavy atom. The van der Waals surface area contributed by atoms with Gasteiger partial charge in [-0.05, 0) is 53.6 Å². The molecule has 0 atom stereocenters. The van der Waals surface area contributed by atoms with Crippen molar-refractivity contribution in [1.82, 2.24) is 18.8 Å². The zero-order valence-electron chi connectivity index (χ0n) is 14.7. The zero-order valence-corrected chi connectivity index (χ0v) is 17.6. The molecule has 1 fully saturated rings. The molecular formula is C17H21IN4O3S. The number of sulfonamides is 1. The van der Waals surface area contributed by atoms with Gasteiger partial charge in [0.05, 0.1) is 16.8 Å². The highest BCUT2D eigenvalue weighted by Crippen LogP contribution is 2.26. The van der Waals surface area contributed by atoms with Gasteiger partial charge >= 0.3 is 0 Å². The van der Waals surface area contributed by atoms with Gasteiger partial charge in [0.1, 0.15) is 0 Å². The number of aromatic nitrogens is 2. The first-order valence-corrected chi connectivity index (χ1v) is 10.8. The van der Waals surface area contributed by atoms with Gasteiger partial charge in [-0.15, -0.1) is 0 Å². The van der Waals surface area contributed by atoms with Crippen molar-refractivity contribution in [3.05, 3.63) is 46.1 Å². The Bertz CT molecular complexity index is 889. The lowest BCUT2D eigenvalue weighted by Crippen LogP contribution is -2.39. The zero-order chi connectivity index (χ0) is 18.9. The molecule has 0 unspecified atom stereocenters. The summed E-state index contributed by atoms with van der Waals surface area (Å²) in [6.45, 7) is 1.28. The number of benzene rings is 1. The molecule has 0 saturated carbocycles. The van der Waals surface area contributed by atoms with Crippen molar-refractivity contribution in [3.8, 4) is 0 Å². The maximum atomic E-state index is 13.0. The molecule has 1 amide bonds. The van der Waals surface area contributed by atoms with Gasteiger partial charge in [0.25, 0.3) is 5.91 Å². The van der Waals surface area contributed by atoms with Crippen LogP contribution in [-0.4, -0.2) is 60.3 Å². The van der Waals surface area contributed by atoms with Crippen LogP contribution in [-0.2, 0) is 10.0 Å². The van der Waals surface area contributed by atoms with E-state index in [1.165, 1.54) is 20.2 Å². The molecular weight excluding hydrogens is 467 g/mol. The summed E-state index contributed by atoms with van der Waals surface area (Å²) < 4.78 is 28.7. The fourth-order valence-electron chi connectivity index (χ4n) is 3.06. The Hall–Kier alpha value is -1.46. The van der Waals surface area contributed by atoms with Gasteiger partial charge in [0.15, 0.2) is 0 Å². The number of carbonyl (C=O) groups is 1. The van der Waals surface area contributed by atoms with Crippen LogP contribution in [0, 0.1) is 3.57 Å². The second-order valence-corrected chi connectivity index (χ2v) is 9.78. The lowest BCUT2D eigenvalue weighted by Gasteiger charge is -2.33. The Labute approximate surface area is 167 Å². The molecule has 0 aliphatic carbocycles. The summed E-state index contributed by atoms with van der Waals surface area (Å²) >= 11 is 2.08. The minimum atomic E-state index is -3.57. The molecule has 140 valence electrons. The second-order valence-electron chi connectivity index (χ2n) is 6.46. The van der Waals surface area contributed by atoms with E-state index in [9.17, 15) is 13.2 Å². The second kappa shape index (κ2) is 7.65. The van der Waals surface area contributed by atoms with E-state index in [0.29, 0.717) is 24.7 Å². The molecule has 26 heavy (non-hydrogen) atoms. The van der Waals surface area contributed by atoms with E-state index in [2.05, 4.69) is 32.1 Å². The molecule has 2 heterocycles. The Morgan fingerprint density at radius 1 is 1.27 bits per heavy atom. The van der Waals surface area contributed by atoms with Crippen molar-refractivity contribution < 1.29 is 13.2 Å². The minimum absolute atomic E-state index is 0.116. The molecule has 0 bridgehead atoms. The van der Waals surface area contributed by atoms with Gasteiger partial charge in [0, 0.05) is 49.2 Å². The molecule has 1 aliphatic heterocycles. The molecule has 0 N–H and O–H groups in total. The monoisotopic (exact) mass is 488 g/mol. The molecule has 3 rings (SSSR count). The van der Waals surface area contributed by atoms with Crippen molar-refractivity contribution in [2.75, 3.05) is 27.2 Å². The quantitative estimate of drug-likeness (QED) is 0.619. The first kappa shape index (κ1) is 19.3. The molecule has 1 aromatic carbocycles. The summed E-state index contributed by atoms with van der Waals surface area (Å²) in [5.74, 6) is -0.116. The number of amides is 1. The summed E-state index contributed by atoms with van der Waals surface area (Å²) in [5, 5.41) is 0. The predicted octanol–water partition coefficient (Wildman–Crippen LogP) is 2.22. The van der Waals surface area contributed by atoms with Crippen molar-refractivity contribution in [2.24, 2.45) is 0 Å². The topological polar surface area (TPSA) is 75.5 Å². The molecule has 1 aliphatic rings. The van der Waals surface area contributed by atoms with Gasteiger partial charge in [-0.2, -0.15) is 0 Å². The van der Waals surface area contributed by atoms with Crippen molar-refractivity contribution in [1.29, 1.82) is 0 Å². The van der Waals surface area contributed by atoms with Crippen molar-refractivity contribution in [2.45, 2.75) is 23.8 Å². The summed E-state index contributed by atoms with van der Waals surface area (Å²) in [5.41, 5.74) is 0.439. The molecule has 0 radical (unpaired) electrons. The molecule has 0 spiro atoms. The highest BCUT2D eigenvalue weighted by atomic mass is 127. The summed E-state index contributed by atoms with van der Waals surface area (Å²) in [4.78, 5) is 19.0. The van der Waals surface area contributed by atoms with Gasteiger partial charge in [-0.25, -0.2) is 17.7 Å². The van der Waals surface area contributed by atoms with Crippen LogP contribution in [0.1, 0.15) is 29.2 Å². The van der Waals surface area contributed by atoms with Crippen LogP contribution in [0.15, 0.2) is 41.8 Å². The maximum Gasteiger partial charge on any atom is 0.254 e. The summed E-state index contributed by atoms with van der Waals surface area (Å²) in [6.07, 6.45) is 7.22. The Balaban J connectivity index is 1.78. The number of carbonyl (C=O) groups excluding carboxylic acids is 1. The lowest BCUT2D eigenvalue weighted by molar-refractivity contribution is 0.0693. The van der Waals surface area contributed by atoms with Crippen LogP contribution < -0.4 is 0 Å². The van der Waals surface area contributed by atoms with Crippen molar-refractivity contribution in [3.63, 3.8) is 0 Å². The minimum Gasteiger partial charge on any atom is -0.338 e. The number of piperidine rings is 1. The third-order valence-electron chi connectivity index (χ3n) is 4.65. The van der Waals surface area contributed by atoms with Crippen LogP contribution in [0.5, 0.6) is 0 Å². The van der Waals surface area contributed by atoms with Crippen LogP contribution >= 0.6 is 22.6 Å². The largest absolute Gasteiger partial charge is 0.338 e. The highest BCUT2D eigenvalue weighted by Gasteiger charge is 2.27. The highest BCUT2D eigenvalue weighted by molar-refractivity contribution is 14.1. The number of hydrogen-bond acceptors (Lipinski definition) is 4. The number of halogens is 1. The van der Waals surface area contributed by atoms with E-state index in [-0.39, 0.29) is 10.8 Å². The third kappa shape index (κ3) is 3.79. The normalized spacial score (nSPS) is 16.2. The van der Waals surface area contributed by atoms with E-state index in [1.54, 1.807) is 29.6 Å². The number of hydrogen-bond donors (Lipinski definition) is 0. The van der Waals surface area contributed by atoms with Gasteiger partial charge in [0.2, 0.25) is 10.0 Å². The van der Waals surface area contributed by atoms with E-state index in [1.807, 2.05) is 6.20 Å². The smallest absolute Gasteiger partial charge is 0.254 e. The first-order valence-electron chi connectivity index (χ1n) is 8.29. The fourth-order valence-corrected chi connectivity index (χ4v) is 4.56. The molecule has 1 saturated heterocycles. The van der Waals surface area contributed by atoms with Crippen LogP contribution in [0.25, 0.3) is 0 Å². The van der Waals surface area contributed by atoms with Gasteiger partial charge in [-0.3, -0.25) is 4.79 Å². The van der Waals surface area contributed by atoms with E-state index >= 15 is 0 Å². The van der Waals surface area contributed by atoms with Crippen LogP contribution in [0.2, 0.25) is 0 Å². The van der Waals surface area contributed by atoms with E-state index in [4.69, 9.17) is 0 Å². The van der Waals surface area contributed by atoms with Crippen LogP contribution in [0.4, 0.5) is 0 Å². The number of nitrogens with zero attached hydrogens (tertiary/aromatic N) is 4. The summed E-state index contributed by atoms with van der Waals surface area (Å²) in [6, 6.07) is 5.06. The average molecular weight is 488 g/mol. The van der Waals surface area contributed by atoms with Gasteiger partial charge < -0.3 is 9.47 Å². The van der Waals surface area contributed by atoms with E-state index in [0.717, 1.165) is 20.7 Å². The van der Waals surface area contributed by atoms with E-state index < -0.39 is 10.0 Å². The van der Waals surface area contributed by atoms with Crippen LogP contribution in [0.3, 0.4) is 0 Å². The molecule has 1 aromatic heterocycles.